The van der Waals surface area contributed by atoms with Crippen LogP contribution in [-0.4, -0.2) is 11.1 Å². The minimum absolute atomic E-state index is 0.0217. The van der Waals surface area contributed by atoms with Crippen molar-refractivity contribution in [2.24, 2.45) is 11.1 Å². The zero-order chi connectivity index (χ0) is 11.6. The van der Waals surface area contributed by atoms with E-state index in [0.717, 1.165) is 5.76 Å². The topological polar surface area (TPSA) is 76.5 Å². The molecule has 0 aliphatic heterocycles. The molecule has 84 valence electrons. The number of furan rings is 1. The van der Waals surface area contributed by atoms with Gasteiger partial charge in [-0.1, -0.05) is 13.8 Å². The van der Waals surface area contributed by atoms with Crippen molar-refractivity contribution in [1.29, 1.82) is 0 Å². The highest BCUT2D eigenvalue weighted by molar-refractivity contribution is 5.67. The fourth-order valence-corrected chi connectivity index (χ4v) is 1.51. The third kappa shape index (κ3) is 2.83. The number of aryl methyl sites for hydroxylation is 1. The summed E-state index contributed by atoms with van der Waals surface area (Å²) in [6.45, 7) is 5.48. The van der Waals surface area contributed by atoms with E-state index in [4.69, 9.17) is 15.3 Å². The number of carboxylic acid groups (broad SMARTS) is 1. The van der Waals surface area contributed by atoms with Gasteiger partial charge < -0.3 is 15.3 Å². The Morgan fingerprint density at radius 3 is 2.60 bits per heavy atom. The summed E-state index contributed by atoms with van der Waals surface area (Å²) >= 11 is 0. The van der Waals surface area contributed by atoms with Gasteiger partial charge in [0.1, 0.15) is 11.5 Å². The highest BCUT2D eigenvalue weighted by atomic mass is 16.4. The van der Waals surface area contributed by atoms with Crippen LogP contribution in [0, 0.1) is 12.3 Å². The van der Waals surface area contributed by atoms with Crippen molar-refractivity contribution in [1.82, 2.24) is 0 Å². The molecule has 3 N–H and O–H groups in total. The quantitative estimate of drug-likeness (QED) is 0.799. The monoisotopic (exact) mass is 211 g/mol. The summed E-state index contributed by atoms with van der Waals surface area (Å²) in [4.78, 5) is 10.7. The zero-order valence-corrected chi connectivity index (χ0v) is 9.28. The maximum Gasteiger partial charge on any atom is 0.303 e. The van der Waals surface area contributed by atoms with Crippen LogP contribution in [0.5, 0.6) is 0 Å². The molecule has 4 heteroatoms. The Kier molecular flexibility index (Phi) is 3.19. The average Bonchev–Trinajstić information content (AvgIpc) is 2.48. The third-order valence-electron chi connectivity index (χ3n) is 2.52. The molecule has 1 atom stereocenters. The summed E-state index contributed by atoms with van der Waals surface area (Å²) in [5.74, 6) is 0.573. The van der Waals surface area contributed by atoms with E-state index >= 15 is 0 Å². The Labute approximate surface area is 89.1 Å². The highest BCUT2D eigenvalue weighted by Gasteiger charge is 2.32. The molecular weight excluding hydrogens is 194 g/mol. The molecule has 0 fully saturated rings. The lowest BCUT2D eigenvalue weighted by Crippen LogP contribution is -2.31. The predicted molar refractivity (Wildman–Crippen MR) is 56.4 cm³/mol. The molecule has 0 saturated carbocycles. The van der Waals surface area contributed by atoms with E-state index in [1.165, 1.54) is 0 Å². The van der Waals surface area contributed by atoms with Gasteiger partial charge in [-0.2, -0.15) is 0 Å². The normalized spacial score (nSPS) is 13.9. The fourth-order valence-electron chi connectivity index (χ4n) is 1.51. The minimum atomic E-state index is -0.848. The summed E-state index contributed by atoms with van der Waals surface area (Å²) in [7, 11) is 0. The van der Waals surface area contributed by atoms with Crippen LogP contribution in [-0.2, 0) is 4.79 Å². The molecule has 4 nitrogen and oxygen atoms in total. The van der Waals surface area contributed by atoms with Crippen LogP contribution in [0.15, 0.2) is 16.5 Å². The minimum Gasteiger partial charge on any atom is -0.481 e. The van der Waals surface area contributed by atoms with Crippen molar-refractivity contribution < 1.29 is 14.3 Å². The van der Waals surface area contributed by atoms with Crippen LogP contribution >= 0.6 is 0 Å². The fraction of sp³-hybridized carbons (Fsp3) is 0.545. The summed E-state index contributed by atoms with van der Waals surface area (Å²) < 4.78 is 5.40. The van der Waals surface area contributed by atoms with Crippen molar-refractivity contribution >= 4 is 5.97 Å². The highest BCUT2D eigenvalue weighted by Crippen LogP contribution is 2.35. The van der Waals surface area contributed by atoms with Crippen LogP contribution in [0.3, 0.4) is 0 Å². The second kappa shape index (κ2) is 4.06. The maximum absolute atomic E-state index is 10.7. The van der Waals surface area contributed by atoms with Gasteiger partial charge >= 0.3 is 5.97 Å². The lowest BCUT2D eigenvalue weighted by Gasteiger charge is -2.28. The Morgan fingerprint density at radius 1 is 1.60 bits per heavy atom. The number of carbonyl (C=O) groups is 1. The second-order valence-corrected chi connectivity index (χ2v) is 4.49. The van der Waals surface area contributed by atoms with Crippen molar-refractivity contribution in [2.45, 2.75) is 33.2 Å². The largest absolute Gasteiger partial charge is 0.481 e. The van der Waals surface area contributed by atoms with E-state index in [2.05, 4.69) is 0 Å². The molecule has 1 unspecified atom stereocenters. The first-order valence-corrected chi connectivity index (χ1v) is 4.86. The zero-order valence-electron chi connectivity index (χ0n) is 9.28. The van der Waals surface area contributed by atoms with Gasteiger partial charge in [-0.15, -0.1) is 0 Å². The average molecular weight is 211 g/mol. The van der Waals surface area contributed by atoms with Gasteiger partial charge in [0.05, 0.1) is 12.5 Å². The Bertz CT molecular complexity index is 354. The summed E-state index contributed by atoms with van der Waals surface area (Å²) in [6.07, 6.45) is 0.0217. The molecule has 15 heavy (non-hydrogen) atoms. The molecule has 0 bridgehead atoms. The van der Waals surface area contributed by atoms with Crippen molar-refractivity contribution in [2.75, 3.05) is 0 Å². The molecule has 0 aliphatic carbocycles. The summed E-state index contributed by atoms with van der Waals surface area (Å²) in [5, 5.41) is 8.76. The van der Waals surface area contributed by atoms with E-state index in [1.54, 1.807) is 6.07 Å². The Balaban J connectivity index is 2.83. The van der Waals surface area contributed by atoms with Gasteiger partial charge in [0.2, 0.25) is 0 Å². The van der Waals surface area contributed by atoms with Gasteiger partial charge in [-0.3, -0.25) is 4.79 Å². The van der Waals surface area contributed by atoms with Gasteiger partial charge in [0.15, 0.2) is 0 Å². The first-order chi connectivity index (χ1) is 6.83. The van der Waals surface area contributed by atoms with Crippen molar-refractivity contribution in [3.63, 3.8) is 0 Å². The van der Waals surface area contributed by atoms with Crippen LogP contribution in [0.1, 0.15) is 37.8 Å². The summed E-state index contributed by atoms with van der Waals surface area (Å²) in [5.41, 5.74) is 5.46. The van der Waals surface area contributed by atoms with Gasteiger partial charge in [-0.25, -0.2) is 0 Å². The van der Waals surface area contributed by atoms with E-state index in [0.29, 0.717) is 5.76 Å². The molecule has 0 amide bonds. The number of aliphatic carboxylic acids is 1. The first kappa shape index (κ1) is 11.8. The number of rotatable bonds is 4. The molecule has 1 rings (SSSR count). The molecular formula is C11H17NO3. The molecule has 1 aromatic rings. The van der Waals surface area contributed by atoms with Crippen molar-refractivity contribution in [3.05, 3.63) is 23.7 Å². The van der Waals surface area contributed by atoms with E-state index in [-0.39, 0.29) is 6.42 Å². The molecule has 0 aliphatic rings. The first-order valence-electron chi connectivity index (χ1n) is 4.86. The number of carboxylic acids is 1. The van der Waals surface area contributed by atoms with Gasteiger partial charge in [0.25, 0.3) is 0 Å². The summed E-state index contributed by atoms with van der Waals surface area (Å²) in [6, 6.07) is 3.22. The van der Waals surface area contributed by atoms with Crippen LogP contribution in [0.2, 0.25) is 0 Å². The Morgan fingerprint density at radius 2 is 2.20 bits per heavy atom. The molecule has 1 heterocycles. The molecule has 0 spiro atoms. The van der Waals surface area contributed by atoms with E-state index < -0.39 is 17.4 Å². The lowest BCUT2D eigenvalue weighted by atomic mass is 9.80. The maximum atomic E-state index is 10.7. The van der Waals surface area contributed by atoms with Crippen LogP contribution < -0.4 is 5.73 Å². The van der Waals surface area contributed by atoms with E-state index in [9.17, 15) is 4.79 Å². The molecule has 0 saturated heterocycles. The molecule has 1 aromatic heterocycles. The van der Waals surface area contributed by atoms with Crippen LogP contribution in [0.4, 0.5) is 0 Å². The SMILES string of the molecule is Cc1ccc(C(N)C(C)(C)CC(=O)O)o1. The lowest BCUT2D eigenvalue weighted by molar-refractivity contribution is -0.139. The van der Waals surface area contributed by atoms with E-state index in [1.807, 2.05) is 26.8 Å². The Hall–Kier alpha value is -1.29. The second-order valence-electron chi connectivity index (χ2n) is 4.49. The number of hydrogen-bond donors (Lipinski definition) is 2. The molecule has 0 aromatic carbocycles. The third-order valence-corrected chi connectivity index (χ3v) is 2.52. The van der Waals surface area contributed by atoms with Crippen molar-refractivity contribution in [3.8, 4) is 0 Å². The smallest absolute Gasteiger partial charge is 0.303 e. The number of nitrogens with two attached hydrogens (primary N) is 1. The van der Waals surface area contributed by atoms with Gasteiger partial charge in [-0.05, 0) is 24.5 Å². The predicted octanol–water partition coefficient (Wildman–Crippen LogP) is 2.09. The van der Waals surface area contributed by atoms with Gasteiger partial charge in [0, 0.05) is 0 Å². The standard InChI is InChI=1S/C11H17NO3/c1-7-4-5-8(15-7)10(12)11(2,3)6-9(13)14/h4-5,10H,6,12H2,1-3H3,(H,13,14). The molecule has 0 radical (unpaired) electrons. The number of hydrogen-bond acceptors (Lipinski definition) is 3. The van der Waals surface area contributed by atoms with Crippen LogP contribution in [0.25, 0.3) is 0 Å².